The molecule has 2 fully saturated rings. The zero-order chi connectivity index (χ0) is 21.9. The molecule has 0 radical (unpaired) electrons. The highest BCUT2D eigenvalue weighted by molar-refractivity contribution is 6.30. The third-order valence-electron chi connectivity index (χ3n) is 5.73. The second-order valence-electron chi connectivity index (χ2n) is 7.52. The van der Waals surface area contributed by atoms with Crippen molar-refractivity contribution < 1.29 is 23.9 Å². The molecular weight excluding hydrogens is 410 g/mol. The summed E-state index contributed by atoms with van der Waals surface area (Å²) in [5, 5.41) is 3.28. The van der Waals surface area contributed by atoms with E-state index in [-0.39, 0.29) is 37.5 Å². The van der Waals surface area contributed by atoms with Gasteiger partial charge in [0.2, 0.25) is 5.91 Å². The van der Waals surface area contributed by atoms with Gasteiger partial charge in [0.05, 0.1) is 12.5 Å². The van der Waals surface area contributed by atoms with Crippen molar-refractivity contribution in [3.63, 3.8) is 0 Å². The first kappa shape index (κ1) is 22.1. The fourth-order valence-electron chi connectivity index (χ4n) is 4.03. The van der Waals surface area contributed by atoms with Crippen molar-refractivity contribution in [1.82, 2.24) is 15.1 Å². The number of piperidine rings is 1. The maximum absolute atomic E-state index is 13.2. The van der Waals surface area contributed by atoms with Gasteiger partial charge < -0.3 is 15.0 Å². The normalized spacial score (nSPS) is 24.0. The smallest absolute Gasteiger partial charge is 0.325 e. The predicted octanol–water partition coefficient (Wildman–Crippen LogP) is 2.30. The third-order valence-corrected chi connectivity index (χ3v) is 5.98. The van der Waals surface area contributed by atoms with Gasteiger partial charge in [-0.25, -0.2) is 4.79 Å². The maximum atomic E-state index is 13.2. The van der Waals surface area contributed by atoms with E-state index in [1.807, 2.05) is 0 Å². The minimum Gasteiger partial charge on any atom is -0.466 e. The Labute approximate surface area is 180 Å². The van der Waals surface area contributed by atoms with E-state index in [2.05, 4.69) is 5.32 Å². The quantitative estimate of drug-likeness (QED) is 0.546. The molecule has 0 aliphatic carbocycles. The van der Waals surface area contributed by atoms with Crippen molar-refractivity contribution >= 4 is 35.4 Å². The molecule has 1 N–H and O–H groups in total. The Morgan fingerprint density at radius 1 is 1.23 bits per heavy atom. The van der Waals surface area contributed by atoms with E-state index in [4.69, 9.17) is 16.3 Å². The first-order valence-corrected chi connectivity index (χ1v) is 10.5. The molecule has 3 rings (SSSR count). The number of halogens is 1. The third kappa shape index (κ3) is 4.14. The Hall–Kier alpha value is -2.61. The van der Waals surface area contributed by atoms with Gasteiger partial charge in [0.15, 0.2) is 0 Å². The summed E-state index contributed by atoms with van der Waals surface area (Å²) in [6, 6.07) is 6.10. The van der Waals surface area contributed by atoms with E-state index >= 15 is 0 Å². The molecule has 0 saturated carbocycles. The van der Waals surface area contributed by atoms with Gasteiger partial charge in [0.1, 0.15) is 12.1 Å². The van der Waals surface area contributed by atoms with Crippen LogP contribution >= 0.6 is 11.6 Å². The number of benzene rings is 1. The first-order chi connectivity index (χ1) is 14.3. The van der Waals surface area contributed by atoms with Crippen molar-refractivity contribution in [2.24, 2.45) is 5.92 Å². The molecule has 2 aliphatic rings. The van der Waals surface area contributed by atoms with E-state index in [1.54, 1.807) is 38.1 Å². The van der Waals surface area contributed by atoms with Crippen LogP contribution in [0.25, 0.3) is 0 Å². The molecule has 4 amide bonds. The molecule has 162 valence electrons. The molecule has 0 bridgehead atoms. The SMILES string of the molecule is CCOC(=O)C1CCCN(C(=O)CN2C(=O)NC(CC)(c3ccc(Cl)cc3)C2=O)C1. The minimum absolute atomic E-state index is 0.234. The molecule has 0 spiro atoms. The fourth-order valence-corrected chi connectivity index (χ4v) is 4.16. The van der Waals surface area contributed by atoms with Gasteiger partial charge in [0, 0.05) is 18.1 Å². The summed E-state index contributed by atoms with van der Waals surface area (Å²) < 4.78 is 5.06. The maximum Gasteiger partial charge on any atom is 0.325 e. The summed E-state index contributed by atoms with van der Waals surface area (Å²) in [7, 11) is 0. The van der Waals surface area contributed by atoms with Crippen LogP contribution in [0.5, 0.6) is 0 Å². The molecule has 2 unspecified atom stereocenters. The summed E-state index contributed by atoms with van der Waals surface area (Å²) in [6.07, 6.45) is 1.65. The zero-order valence-corrected chi connectivity index (χ0v) is 17.9. The topological polar surface area (TPSA) is 96.0 Å². The summed E-state index contributed by atoms with van der Waals surface area (Å²) in [5.41, 5.74) is -0.611. The summed E-state index contributed by atoms with van der Waals surface area (Å²) in [6.45, 7) is 4.17. The molecule has 30 heavy (non-hydrogen) atoms. The Bertz CT molecular complexity index is 844. The molecule has 1 aromatic rings. The van der Waals surface area contributed by atoms with Gasteiger partial charge in [-0.1, -0.05) is 30.7 Å². The van der Waals surface area contributed by atoms with Crippen LogP contribution in [0, 0.1) is 5.92 Å². The second kappa shape index (κ2) is 9.04. The number of imide groups is 1. The number of urea groups is 1. The van der Waals surface area contributed by atoms with Crippen LogP contribution in [-0.4, -0.2) is 59.9 Å². The standard InChI is InChI=1S/C21H26ClN3O5/c1-3-21(15-7-9-16(22)10-8-15)19(28)25(20(29)23-21)13-17(26)24-11-5-6-14(12-24)18(27)30-4-2/h7-10,14H,3-6,11-13H2,1-2H3,(H,23,29). The average Bonchev–Trinajstić information content (AvgIpc) is 2.99. The molecule has 8 nitrogen and oxygen atoms in total. The number of carbonyl (C=O) groups excluding carboxylic acids is 4. The van der Waals surface area contributed by atoms with Crippen molar-refractivity contribution in [2.45, 2.75) is 38.6 Å². The van der Waals surface area contributed by atoms with Crippen molar-refractivity contribution in [1.29, 1.82) is 0 Å². The van der Waals surface area contributed by atoms with Crippen LogP contribution in [0.4, 0.5) is 4.79 Å². The minimum atomic E-state index is -1.22. The number of nitrogens with one attached hydrogen (secondary N) is 1. The van der Waals surface area contributed by atoms with Crippen LogP contribution in [0.2, 0.25) is 5.02 Å². The largest absolute Gasteiger partial charge is 0.466 e. The molecular formula is C21H26ClN3O5. The van der Waals surface area contributed by atoms with Crippen LogP contribution in [0.1, 0.15) is 38.7 Å². The summed E-state index contributed by atoms with van der Waals surface area (Å²) >= 11 is 5.94. The molecule has 0 aromatic heterocycles. The lowest BCUT2D eigenvalue weighted by Gasteiger charge is -2.32. The van der Waals surface area contributed by atoms with Crippen molar-refractivity contribution in [3.05, 3.63) is 34.9 Å². The first-order valence-electron chi connectivity index (χ1n) is 10.2. The highest BCUT2D eigenvalue weighted by Crippen LogP contribution is 2.33. The molecule has 9 heteroatoms. The van der Waals surface area contributed by atoms with Gasteiger partial charge in [-0.05, 0) is 43.9 Å². The van der Waals surface area contributed by atoms with Crippen molar-refractivity contribution in [2.75, 3.05) is 26.2 Å². The number of amides is 4. The van der Waals surface area contributed by atoms with Gasteiger partial charge >= 0.3 is 12.0 Å². The number of carbonyl (C=O) groups is 4. The Balaban J connectivity index is 1.72. The van der Waals surface area contributed by atoms with Crippen LogP contribution in [0.15, 0.2) is 24.3 Å². The van der Waals surface area contributed by atoms with Crippen LogP contribution in [-0.2, 0) is 24.7 Å². The predicted molar refractivity (Wildman–Crippen MR) is 110 cm³/mol. The molecule has 2 aliphatic heterocycles. The van der Waals surface area contributed by atoms with E-state index in [0.29, 0.717) is 36.4 Å². The van der Waals surface area contributed by atoms with Crippen LogP contribution < -0.4 is 5.32 Å². The number of ether oxygens (including phenoxy) is 1. The lowest BCUT2D eigenvalue weighted by Crippen LogP contribution is -2.48. The zero-order valence-electron chi connectivity index (χ0n) is 17.2. The van der Waals surface area contributed by atoms with Crippen molar-refractivity contribution in [3.8, 4) is 0 Å². The van der Waals surface area contributed by atoms with E-state index in [9.17, 15) is 19.2 Å². The Morgan fingerprint density at radius 3 is 2.57 bits per heavy atom. The lowest BCUT2D eigenvalue weighted by molar-refractivity contribution is -0.152. The molecule has 2 saturated heterocycles. The van der Waals surface area contributed by atoms with Crippen LogP contribution in [0.3, 0.4) is 0 Å². The summed E-state index contributed by atoms with van der Waals surface area (Å²) in [4.78, 5) is 53.1. The van der Waals surface area contributed by atoms with E-state index in [1.165, 1.54) is 4.90 Å². The molecule has 2 atom stereocenters. The number of likely N-dealkylation sites (tertiary alicyclic amines) is 1. The number of hydrogen-bond acceptors (Lipinski definition) is 5. The monoisotopic (exact) mass is 435 g/mol. The van der Waals surface area contributed by atoms with E-state index in [0.717, 1.165) is 4.90 Å². The lowest BCUT2D eigenvalue weighted by atomic mass is 9.87. The highest BCUT2D eigenvalue weighted by Gasteiger charge is 2.52. The Morgan fingerprint density at radius 2 is 1.93 bits per heavy atom. The number of esters is 1. The number of rotatable bonds is 6. The van der Waals surface area contributed by atoms with Gasteiger partial charge in [-0.15, -0.1) is 0 Å². The van der Waals surface area contributed by atoms with Gasteiger partial charge in [0.25, 0.3) is 5.91 Å². The summed E-state index contributed by atoms with van der Waals surface area (Å²) in [5.74, 6) is -1.53. The van der Waals surface area contributed by atoms with Gasteiger partial charge in [-0.3, -0.25) is 19.3 Å². The van der Waals surface area contributed by atoms with Gasteiger partial charge in [-0.2, -0.15) is 0 Å². The highest BCUT2D eigenvalue weighted by atomic mass is 35.5. The van der Waals surface area contributed by atoms with E-state index < -0.39 is 17.5 Å². The molecule has 2 heterocycles. The Kier molecular flexibility index (Phi) is 6.65. The fraction of sp³-hybridized carbons (Fsp3) is 0.524. The number of nitrogens with zero attached hydrogens (tertiary/aromatic N) is 2. The second-order valence-corrected chi connectivity index (χ2v) is 7.95. The average molecular weight is 436 g/mol. The number of hydrogen-bond donors (Lipinski definition) is 1. The molecule has 1 aromatic carbocycles.